The maximum Gasteiger partial charge on any atom is 0.342 e. The van der Waals surface area contributed by atoms with Crippen molar-refractivity contribution in [3.8, 4) is 5.75 Å². The highest BCUT2D eigenvalue weighted by Crippen LogP contribution is 2.31. The van der Waals surface area contributed by atoms with Gasteiger partial charge in [0, 0.05) is 5.56 Å². The van der Waals surface area contributed by atoms with Crippen LogP contribution in [0.5, 0.6) is 5.75 Å². The first kappa shape index (κ1) is 17.6. The topological polar surface area (TPSA) is 72.5 Å². The van der Waals surface area contributed by atoms with Gasteiger partial charge in [0.25, 0.3) is 0 Å². The second-order valence-electron chi connectivity index (χ2n) is 3.81. The molecule has 0 bridgehead atoms. The molecule has 3 N–H and O–H groups in total. The zero-order valence-corrected chi connectivity index (χ0v) is 11.3. The molecule has 0 fully saturated rings. The van der Waals surface area contributed by atoms with E-state index in [-0.39, 0.29) is 24.6 Å². The summed E-state index contributed by atoms with van der Waals surface area (Å²) >= 11 is 0. The lowest BCUT2D eigenvalue weighted by atomic mass is 9.97. The van der Waals surface area contributed by atoms with E-state index in [1.54, 1.807) is 0 Å². The SMILES string of the molecule is CCOC(=O)C(F)[C@H](N)c1c(C)ccc(F)c1O.Cl. The van der Waals surface area contributed by atoms with Crippen LogP contribution in [0.15, 0.2) is 12.1 Å². The number of aromatic hydroxyl groups is 1. The van der Waals surface area contributed by atoms with Crippen molar-refractivity contribution in [2.24, 2.45) is 5.73 Å². The van der Waals surface area contributed by atoms with E-state index >= 15 is 0 Å². The lowest BCUT2D eigenvalue weighted by Crippen LogP contribution is -2.32. The largest absolute Gasteiger partial charge is 0.505 e. The fraction of sp³-hybridized carbons (Fsp3) is 0.417. The van der Waals surface area contributed by atoms with Crippen molar-refractivity contribution < 1.29 is 23.4 Å². The molecule has 7 heteroatoms. The second-order valence-corrected chi connectivity index (χ2v) is 3.81. The molecule has 1 aromatic rings. The fourth-order valence-electron chi connectivity index (χ4n) is 1.62. The molecule has 0 spiro atoms. The monoisotopic (exact) mass is 295 g/mol. The van der Waals surface area contributed by atoms with E-state index in [4.69, 9.17) is 5.73 Å². The maximum atomic E-state index is 13.7. The van der Waals surface area contributed by atoms with Crippen LogP contribution in [-0.2, 0) is 9.53 Å². The van der Waals surface area contributed by atoms with Crippen LogP contribution in [0.1, 0.15) is 24.1 Å². The fourth-order valence-corrected chi connectivity index (χ4v) is 1.62. The predicted molar refractivity (Wildman–Crippen MR) is 68.5 cm³/mol. The Labute approximate surface area is 116 Å². The molecule has 0 radical (unpaired) electrons. The Morgan fingerprint density at radius 3 is 2.63 bits per heavy atom. The lowest BCUT2D eigenvalue weighted by molar-refractivity contribution is -0.149. The van der Waals surface area contributed by atoms with Gasteiger partial charge in [0.1, 0.15) is 0 Å². The van der Waals surface area contributed by atoms with Gasteiger partial charge in [-0.2, -0.15) is 0 Å². The quantitative estimate of drug-likeness (QED) is 0.835. The Kier molecular flexibility index (Phi) is 6.72. The number of rotatable bonds is 4. The van der Waals surface area contributed by atoms with E-state index in [0.29, 0.717) is 5.56 Å². The number of hydrogen-bond acceptors (Lipinski definition) is 4. The molecule has 0 saturated carbocycles. The molecule has 1 aromatic carbocycles. The van der Waals surface area contributed by atoms with Crippen molar-refractivity contribution in [1.29, 1.82) is 0 Å². The molecular formula is C12H16ClF2NO3. The zero-order valence-electron chi connectivity index (χ0n) is 10.5. The van der Waals surface area contributed by atoms with E-state index in [0.717, 1.165) is 6.07 Å². The van der Waals surface area contributed by atoms with Crippen LogP contribution in [0.3, 0.4) is 0 Å². The third-order valence-corrected chi connectivity index (χ3v) is 2.55. The molecule has 0 aromatic heterocycles. The Bertz CT molecular complexity index is 457. The summed E-state index contributed by atoms with van der Waals surface area (Å²) in [5, 5.41) is 9.54. The summed E-state index contributed by atoms with van der Waals surface area (Å²) < 4.78 is 31.4. The van der Waals surface area contributed by atoms with Crippen molar-refractivity contribution in [3.05, 3.63) is 29.1 Å². The first-order chi connectivity index (χ1) is 8.40. The molecule has 2 atom stereocenters. The van der Waals surface area contributed by atoms with Crippen LogP contribution in [0.4, 0.5) is 8.78 Å². The van der Waals surface area contributed by atoms with Gasteiger partial charge in [0.2, 0.25) is 6.17 Å². The van der Waals surface area contributed by atoms with Gasteiger partial charge in [-0.15, -0.1) is 12.4 Å². The summed E-state index contributed by atoms with van der Waals surface area (Å²) in [6.45, 7) is 3.08. The van der Waals surface area contributed by atoms with Gasteiger partial charge < -0.3 is 15.6 Å². The molecule has 0 aliphatic carbocycles. The molecule has 0 aliphatic rings. The van der Waals surface area contributed by atoms with Gasteiger partial charge in [0.05, 0.1) is 12.6 Å². The first-order valence-corrected chi connectivity index (χ1v) is 5.44. The van der Waals surface area contributed by atoms with Crippen LogP contribution in [-0.4, -0.2) is 23.9 Å². The van der Waals surface area contributed by atoms with Crippen molar-refractivity contribution in [2.75, 3.05) is 6.61 Å². The number of alkyl halides is 1. The van der Waals surface area contributed by atoms with Gasteiger partial charge in [-0.25, -0.2) is 13.6 Å². The third kappa shape index (κ3) is 3.78. The number of carbonyl (C=O) groups is 1. The molecule has 0 aliphatic heterocycles. The summed E-state index contributed by atoms with van der Waals surface area (Å²) in [7, 11) is 0. The molecule has 0 heterocycles. The van der Waals surface area contributed by atoms with Crippen molar-refractivity contribution in [1.82, 2.24) is 0 Å². The van der Waals surface area contributed by atoms with E-state index in [2.05, 4.69) is 4.74 Å². The number of nitrogens with two attached hydrogens (primary N) is 1. The number of carbonyl (C=O) groups excluding carboxylic acids is 1. The minimum absolute atomic E-state index is 0. The standard InChI is InChI=1S/C12H15F2NO3.ClH/c1-3-18-12(17)9(14)10(15)8-6(2)4-5-7(13)11(8)16;/h4-5,9-10,16H,3,15H2,1-2H3;1H/t9?,10-;/m1./s1. The number of halogens is 3. The summed E-state index contributed by atoms with van der Waals surface area (Å²) in [5.74, 6) is -2.79. The zero-order chi connectivity index (χ0) is 13.9. The normalized spacial score (nSPS) is 13.3. The van der Waals surface area contributed by atoms with Gasteiger partial charge >= 0.3 is 5.97 Å². The maximum absolute atomic E-state index is 13.7. The number of ether oxygens (including phenoxy) is 1. The van der Waals surface area contributed by atoms with Crippen LogP contribution >= 0.6 is 12.4 Å². The van der Waals surface area contributed by atoms with Crippen LogP contribution in [0.2, 0.25) is 0 Å². The number of benzene rings is 1. The van der Waals surface area contributed by atoms with Crippen LogP contribution < -0.4 is 5.73 Å². The highest BCUT2D eigenvalue weighted by atomic mass is 35.5. The number of phenols is 1. The highest BCUT2D eigenvalue weighted by Gasteiger charge is 2.31. The molecular weight excluding hydrogens is 280 g/mol. The van der Waals surface area contributed by atoms with E-state index in [1.165, 1.54) is 19.9 Å². The average Bonchev–Trinajstić information content (AvgIpc) is 2.33. The van der Waals surface area contributed by atoms with Gasteiger partial charge in [-0.1, -0.05) is 6.07 Å². The molecule has 4 nitrogen and oxygen atoms in total. The number of phenolic OH excluding ortho intramolecular Hbond substituents is 1. The Morgan fingerprint density at radius 2 is 2.11 bits per heavy atom. The smallest absolute Gasteiger partial charge is 0.342 e. The average molecular weight is 296 g/mol. The Balaban J connectivity index is 0.00000324. The van der Waals surface area contributed by atoms with Gasteiger partial charge in [0.15, 0.2) is 11.6 Å². The highest BCUT2D eigenvalue weighted by molar-refractivity contribution is 5.85. The van der Waals surface area contributed by atoms with E-state index < -0.39 is 29.7 Å². The molecule has 108 valence electrons. The third-order valence-electron chi connectivity index (χ3n) is 2.55. The van der Waals surface area contributed by atoms with E-state index in [1.807, 2.05) is 0 Å². The van der Waals surface area contributed by atoms with Crippen molar-refractivity contribution in [3.63, 3.8) is 0 Å². The summed E-state index contributed by atoms with van der Waals surface area (Å²) in [6, 6.07) is 0.917. The Morgan fingerprint density at radius 1 is 1.53 bits per heavy atom. The van der Waals surface area contributed by atoms with Crippen LogP contribution in [0, 0.1) is 12.7 Å². The molecule has 19 heavy (non-hydrogen) atoms. The van der Waals surface area contributed by atoms with Crippen molar-refractivity contribution >= 4 is 18.4 Å². The van der Waals surface area contributed by atoms with Crippen LogP contribution in [0.25, 0.3) is 0 Å². The van der Waals surface area contributed by atoms with E-state index in [9.17, 15) is 18.7 Å². The molecule has 1 unspecified atom stereocenters. The van der Waals surface area contributed by atoms with Crippen molar-refractivity contribution in [2.45, 2.75) is 26.1 Å². The summed E-state index contributed by atoms with van der Waals surface area (Å²) in [4.78, 5) is 11.2. The summed E-state index contributed by atoms with van der Waals surface area (Å²) in [5.41, 5.74) is 5.81. The minimum atomic E-state index is -2.16. The minimum Gasteiger partial charge on any atom is -0.505 e. The first-order valence-electron chi connectivity index (χ1n) is 5.44. The summed E-state index contributed by atoms with van der Waals surface area (Å²) in [6.07, 6.45) is -2.16. The number of hydrogen-bond donors (Lipinski definition) is 2. The lowest BCUT2D eigenvalue weighted by Gasteiger charge is -2.19. The molecule has 0 amide bonds. The second kappa shape index (κ2) is 7.25. The predicted octanol–water partition coefficient (Wildman–Crippen LogP) is 2.16. The molecule has 1 rings (SSSR count). The molecule has 0 saturated heterocycles. The van der Waals surface area contributed by atoms with Gasteiger partial charge in [-0.3, -0.25) is 0 Å². The Hall–Kier alpha value is -1.40. The van der Waals surface area contributed by atoms with Gasteiger partial charge in [-0.05, 0) is 25.5 Å². The number of esters is 1. The number of aryl methyl sites for hydroxylation is 1.